The fourth-order valence-corrected chi connectivity index (χ4v) is 7.60. The lowest BCUT2D eigenvalue weighted by molar-refractivity contribution is 0.141. The van der Waals surface area contributed by atoms with Crippen LogP contribution in [0, 0.1) is 11.2 Å². The Kier molecular flexibility index (Phi) is 8.02. The number of nitrogens with zero attached hydrogens (tertiary/aromatic N) is 5. The van der Waals surface area contributed by atoms with Gasteiger partial charge in [0, 0.05) is 38.1 Å². The van der Waals surface area contributed by atoms with Crippen LogP contribution in [0.2, 0.25) is 0 Å². The van der Waals surface area contributed by atoms with E-state index < -0.39 is 10.0 Å². The Balaban J connectivity index is 1.49. The zero-order chi connectivity index (χ0) is 29.6. The van der Waals surface area contributed by atoms with Gasteiger partial charge in [0.25, 0.3) is 0 Å². The minimum absolute atomic E-state index is 0.0491. The molecule has 9 heteroatoms. The number of aromatic nitrogens is 2. The van der Waals surface area contributed by atoms with E-state index in [1.807, 2.05) is 23.0 Å². The molecule has 5 rings (SSSR count). The predicted octanol–water partition coefficient (Wildman–Crippen LogP) is 4.82. The summed E-state index contributed by atoms with van der Waals surface area (Å²) in [7, 11) is 2.57. The van der Waals surface area contributed by atoms with Crippen molar-refractivity contribution in [3.63, 3.8) is 0 Å². The number of benzene rings is 2. The number of halogens is 1. The lowest BCUT2D eigenvalue weighted by atomic mass is 9.68. The number of hydrogen-bond acceptors (Lipinski definition) is 5. The summed E-state index contributed by atoms with van der Waals surface area (Å²) in [6.45, 7) is 9.76. The van der Waals surface area contributed by atoms with Crippen LogP contribution in [0.25, 0.3) is 11.8 Å². The van der Waals surface area contributed by atoms with E-state index in [0.717, 1.165) is 42.1 Å². The fraction of sp³-hybridized carbons (Fsp3) is 0.469. The van der Waals surface area contributed by atoms with Crippen molar-refractivity contribution < 1.29 is 12.8 Å². The van der Waals surface area contributed by atoms with Crippen LogP contribution in [0.1, 0.15) is 44.0 Å². The molecule has 1 aromatic heterocycles. The predicted molar refractivity (Wildman–Crippen MR) is 162 cm³/mol. The van der Waals surface area contributed by atoms with E-state index >= 15 is 0 Å². The second-order valence-electron chi connectivity index (χ2n) is 13.0. The molecule has 1 atom stereocenters. The Morgan fingerprint density at radius 3 is 2.32 bits per heavy atom. The molecule has 41 heavy (non-hydrogen) atoms. The highest BCUT2D eigenvalue weighted by Gasteiger charge is 2.46. The second kappa shape index (κ2) is 11.1. The highest BCUT2D eigenvalue weighted by atomic mass is 32.2. The van der Waals surface area contributed by atoms with Crippen LogP contribution < -0.4 is 0 Å². The molecule has 0 bridgehead atoms. The first-order valence-electron chi connectivity index (χ1n) is 14.3. The summed E-state index contributed by atoms with van der Waals surface area (Å²) in [5.41, 5.74) is 4.81. The molecule has 2 aliphatic rings. The minimum Gasteiger partial charge on any atom is -0.308 e. The van der Waals surface area contributed by atoms with Crippen LogP contribution >= 0.6 is 0 Å². The van der Waals surface area contributed by atoms with Crippen molar-refractivity contribution >= 4 is 16.1 Å². The zero-order valence-corrected chi connectivity index (χ0v) is 25.9. The zero-order valence-electron chi connectivity index (χ0n) is 25.1. The van der Waals surface area contributed by atoms with Gasteiger partial charge in [-0.2, -0.15) is 9.40 Å². The van der Waals surface area contributed by atoms with Crippen LogP contribution in [-0.4, -0.2) is 86.2 Å². The van der Waals surface area contributed by atoms with Gasteiger partial charge in [0.15, 0.2) is 0 Å². The average Bonchev–Trinajstić information content (AvgIpc) is 3.32. The molecule has 3 aromatic rings. The number of hydrogen-bond donors (Lipinski definition) is 0. The van der Waals surface area contributed by atoms with Gasteiger partial charge in [-0.25, -0.2) is 17.5 Å². The smallest absolute Gasteiger partial charge is 0.243 e. The first-order chi connectivity index (χ1) is 19.3. The molecule has 0 radical (unpaired) electrons. The third kappa shape index (κ3) is 6.04. The summed E-state index contributed by atoms with van der Waals surface area (Å²) in [6.07, 6.45) is 5.43. The Morgan fingerprint density at radius 2 is 1.68 bits per heavy atom. The largest absolute Gasteiger partial charge is 0.308 e. The molecular weight excluding hydrogens is 537 g/mol. The van der Waals surface area contributed by atoms with Crippen molar-refractivity contribution in [1.82, 2.24) is 23.9 Å². The van der Waals surface area contributed by atoms with Crippen LogP contribution in [0.3, 0.4) is 0 Å². The Bertz CT molecular complexity index is 1520. The van der Waals surface area contributed by atoms with E-state index in [1.165, 1.54) is 17.7 Å². The molecule has 1 fully saturated rings. The van der Waals surface area contributed by atoms with E-state index in [4.69, 9.17) is 0 Å². The third-order valence-electron chi connectivity index (χ3n) is 8.45. The molecule has 2 aromatic carbocycles. The Morgan fingerprint density at radius 1 is 1.00 bits per heavy atom. The van der Waals surface area contributed by atoms with Gasteiger partial charge in [-0.3, -0.25) is 0 Å². The van der Waals surface area contributed by atoms with E-state index in [2.05, 4.69) is 62.9 Å². The van der Waals surface area contributed by atoms with E-state index in [0.29, 0.717) is 30.8 Å². The van der Waals surface area contributed by atoms with E-state index in [-0.39, 0.29) is 16.6 Å². The van der Waals surface area contributed by atoms with Gasteiger partial charge < -0.3 is 9.80 Å². The number of likely N-dealkylation sites (N-methyl/N-ethyl adjacent to an activating group) is 2. The molecule has 0 N–H and O–H groups in total. The van der Waals surface area contributed by atoms with Crippen molar-refractivity contribution in [3.8, 4) is 5.69 Å². The lowest BCUT2D eigenvalue weighted by Gasteiger charge is -2.48. The molecule has 1 aliphatic carbocycles. The van der Waals surface area contributed by atoms with E-state index in [1.54, 1.807) is 28.6 Å². The van der Waals surface area contributed by atoms with Gasteiger partial charge in [-0.05, 0) is 93.0 Å². The number of sulfonamides is 1. The van der Waals surface area contributed by atoms with Crippen molar-refractivity contribution in [1.29, 1.82) is 0 Å². The number of piperidine rings is 1. The summed E-state index contributed by atoms with van der Waals surface area (Å²) in [5, 5.41) is 4.67. The Hall–Kier alpha value is -2.85. The van der Waals surface area contributed by atoms with Gasteiger partial charge >= 0.3 is 0 Å². The molecule has 1 aliphatic heterocycles. The molecule has 1 saturated heterocycles. The molecule has 0 unspecified atom stereocenters. The highest BCUT2D eigenvalue weighted by molar-refractivity contribution is 7.89. The van der Waals surface area contributed by atoms with Crippen molar-refractivity contribution in [2.24, 2.45) is 5.41 Å². The molecule has 0 saturated carbocycles. The summed E-state index contributed by atoms with van der Waals surface area (Å²) in [5.74, 6) is -0.283. The van der Waals surface area contributed by atoms with Crippen molar-refractivity contribution in [2.75, 3.05) is 53.9 Å². The molecule has 0 spiro atoms. The molecule has 0 amide bonds. The molecule has 7 nitrogen and oxygen atoms in total. The first-order valence-corrected chi connectivity index (χ1v) is 15.7. The highest BCUT2D eigenvalue weighted by Crippen LogP contribution is 2.46. The maximum absolute atomic E-state index is 14.0. The fourth-order valence-electron chi connectivity index (χ4n) is 6.08. The van der Waals surface area contributed by atoms with Crippen LogP contribution in [0.4, 0.5) is 4.39 Å². The van der Waals surface area contributed by atoms with Crippen molar-refractivity contribution in [3.05, 3.63) is 82.9 Å². The summed E-state index contributed by atoms with van der Waals surface area (Å²) in [4.78, 5) is 4.82. The van der Waals surface area contributed by atoms with Crippen LogP contribution in [-0.2, 0) is 21.9 Å². The third-order valence-corrected chi connectivity index (χ3v) is 10.3. The van der Waals surface area contributed by atoms with Crippen molar-refractivity contribution in [2.45, 2.75) is 43.9 Å². The number of rotatable bonds is 8. The summed E-state index contributed by atoms with van der Waals surface area (Å²) >= 11 is 0. The SMILES string of the molecule is CN(C)CCN(C)C[C@]12Cc3cnn(-c4ccc(F)cc4)c3C=C1CCN(S(=O)(=O)c1ccc(C(C)(C)C)cc1)C2. The van der Waals surface area contributed by atoms with Crippen LogP contribution in [0.5, 0.6) is 0 Å². The maximum Gasteiger partial charge on any atom is 0.243 e. The standard InChI is InChI=1S/C32H42FN5O2S/c1-31(2,3)25-7-13-29(14-8-25)41(39,40)37-16-15-26-19-30-24(21-34-38(30)28-11-9-27(33)10-12-28)20-32(26,23-37)22-36(6)18-17-35(4)5/h7-14,19,21H,15-18,20,22-23H2,1-6H3/t32-/m0/s1. The first kappa shape index (κ1) is 29.6. The normalized spacial score (nSPS) is 19.8. The van der Waals surface area contributed by atoms with Gasteiger partial charge in [-0.15, -0.1) is 0 Å². The van der Waals surface area contributed by atoms with Gasteiger partial charge in [0.1, 0.15) is 5.82 Å². The topological polar surface area (TPSA) is 61.7 Å². The van der Waals surface area contributed by atoms with E-state index in [9.17, 15) is 12.8 Å². The average molecular weight is 580 g/mol. The summed E-state index contributed by atoms with van der Waals surface area (Å²) in [6, 6.07) is 13.7. The summed E-state index contributed by atoms with van der Waals surface area (Å²) < 4.78 is 45.1. The van der Waals surface area contributed by atoms with Gasteiger partial charge in [0.2, 0.25) is 10.0 Å². The molecule has 2 heterocycles. The second-order valence-corrected chi connectivity index (χ2v) is 14.9. The number of fused-ring (bicyclic) bond motifs is 2. The van der Waals surface area contributed by atoms with Crippen LogP contribution in [0.15, 0.2) is 65.2 Å². The quantitative estimate of drug-likeness (QED) is 0.383. The Labute approximate surface area is 244 Å². The maximum atomic E-state index is 14.0. The monoisotopic (exact) mass is 579 g/mol. The lowest BCUT2D eigenvalue weighted by Crippen LogP contribution is -2.54. The van der Waals surface area contributed by atoms with Gasteiger partial charge in [-0.1, -0.05) is 38.5 Å². The minimum atomic E-state index is -3.67. The van der Waals surface area contributed by atoms with Gasteiger partial charge in [0.05, 0.1) is 22.5 Å². The molecule has 220 valence electrons. The molecular formula is C32H42FN5O2S.